The fraction of sp³-hybridized carbons (Fsp3) is 1.00. The van der Waals surface area contributed by atoms with E-state index in [4.69, 9.17) is 4.55 Å². The molecule has 0 saturated carbocycles. The summed E-state index contributed by atoms with van der Waals surface area (Å²) in [6.07, 6.45) is 1.67. The van der Waals surface area contributed by atoms with Gasteiger partial charge >= 0.3 is 0 Å². The van der Waals surface area contributed by atoms with Crippen molar-refractivity contribution in [3.8, 4) is 0 Å². The summed E-state index contributed by atoms with van der Waals surface area (Å²) in [5.74, 6) is 0. The van der Waals surface area contributed by atoms with Gasteiger partial charge in [0.05, 0.1) is 11.9 Å². The Bertz CT molecular complexity index is 102. The first kappa shape index (κ1) is 10.0. The lowest BCUT2D eigenvalue weighted by Gasteiger charge is -2.07. The van der Waals surface area contributed by atoms with Gasteiger partial charge in [-0.3, -0.25) is 4.39 Å². The van der Waals surface area contributed by atoms with Gasteiger partial charge in [-0.05, 0) is 12.8 Å². The van der Waals surface area contributed by atoms with E-state index in [2.05, 4.69) is 0 Å². The lowest BCUT2D eigenvalue weighted by Crippen LogP contribution is -2.14. The number of rotatable bonds is 5. The van der Waals surface area contributed by atoms with Gasteiger partial charge in [-0.25, -0.2) is 4.21 Å². The maximum atomic E-state index is 11.7. The van der Waals surface area contributed by atoms with E-state index in [9.17, 15) is 8.60 Å². The first-order chi connectivity index (χ1) is 4.72. The summed E-state index contributed by atoms with van der Waals surface area (Å²) in [4.78, 5) is 0. The second-order valence-electron chi connectivity index (χ2n) is 2.16. The molecule has 0 fully saturated rings. The molecule has 62 valence electrons. The minimum atomic E-state index is -1.84. The van der Waals surface area contributed by atoms with Crippen LogP contribution in [0.3, 0.4) is 0 Å². The Morgan fingerprint density at radius 3 is 2.50 bits per heavy atom. The number of hydrogen-bond acceptors (Lipinski definition) is 1. The van der Waals surface area contributed by atoms with Crippen LogP contribution in [0.2, 0.25) is 0 Å². The zero-order chi connectivity index (χ0) is 7.98. The Hall–Kier alpha value is 0.0400. The third-order valence-corrected chi connectivity index (χ3v) is 2.37. The van der Waals surface area contributed by atoms with E-state index in [1.54, 1.807) is 0 Å². The highest BCUT2D eigenvalue weighted by molar-refractivity contribution is 7.79. The summed E-state index contributed by atoms with van der Waals surface area (Å²) in [5, 5.41) is -0.366. The topological polar surface area (TPSA) is 37.3 Å². The molecule has 0 aromatic rings. The largest absolute Gasteiger partial charge is 0.306 e. The molecule has 0 amide bonds. The van der Waals surface area contributed by atoms with Crippen molar-refractivity contribution in [1.82, 2.24) is 0 Å². The Balaban J connectivity index is 3.61. The normalized spacial score (nSPS) is 16.7. The van der Waals surface area contributed by atoms with Crippen LogP contribution in [0.1, 0.15) is 26.2 Å². The lowest BCUT2D eigenvalue weighted by molar-refractivity contribution is 0.444. The van der Waals surface area contributed by atoms with Crippen LogP contribution in [0.15, 0.2) is 0 Å². The molecule has 0 aliphatic carbocycles. The molecule has 10 heavy (non-hydrogen) atoms. The number of hydrogen-bond donors (Lipinski definition) is 1. The smallest absolute Gasteiger partial charge is 0.156 e. The molecule has 0 saturated heterocycles. The molecule has 2 unspecified atom stereocenters. The van der Waals surface area contributed by atoms with Crippen molar-refractivity contribution < 1.29 is 13.2 Å². The van der Waals surface area contributed by atoms with Gasteiger partial charge in [0.15, 0.2) is 11.1 Å². The van der Waals surface area contributed by atoms with Gasteiger partial charge in [-0.15, -0.1) is 0 Å². The van der Waals surface area contributed by atoms with Crippen molar-refractivity contribution in [3.05, 3.63) is 0 Å². The van der Waals surface area contributed by atoms with Crippen LogP contribution >= 0.6 is 0 Å². The van der Waals surface area contributed by atoms with E-state index in [0.29, 0.717) is 6.42 Å². The minimum absolute atomic E-state index is 0.205. The van der Waals surface area contributed by atoms with E-state index in [0.717, 1.165) is 6.42 Å². The minimum Gasteiger partial charge on any atom is -0.306 e. The Morgan fingerprint density at radius 1 is 1.60 bits per heavy atom. The third-order valence-electron chi connectivity index (χ3n) is 1.33. The molecule has 2 atom stereocenters. The Labute approximate surface area is 63.1 Å². The molecule has 1 N–H and O–H groups in total. The molecular formula is C6H13FO2S. The Kier molecular flexibility index (Phi) is 5.82. The van der Waals surface area contributed by atoms with Crippen LogP contribution in [0.5, 0.6) is 0 Å². The molecule has 0 radical (unpaired) electrons. The van der Waals surface area contributed by atoms with Gasteiger partial charge in [0.2, 0.25) is 0 Å². The van der Waals surface area contributed by atoms with Gasteiger partial charge < -0.3 is 4.55 Å². The zero-order valence-electron chi connectivity index (χ0n) is 6.05. The molecule has 0 aliphatic rings. The predicted molar refractivity (Wildman–Crippen MR) is 40.1 cm³/mol. The highest BCUT2D eigenvalue weighted by atomic mass is 32.2. The molecule has 0 heterocycles. The predicted octanol–water partition coefficient (Wildman–Crippen LogP) is 1.74. The van der Waals surface area contributed by atoms with Crippen LogP contribution in [0, 0.1) is 0 Å². The van der Waals surface area contributed by atoms with E-state index in [1.807, 2.05) is 6.92 Å². The van der Waals surface area contributed by atoms with Gasteiger partial charge in [-0.1, -0.05) is 13.3 Å². The summed E-state index contributed by atoms with van der Waals surface area (Å²) in [5.41, 5.74) is 0. The first-order valence-electron chi connectivity index (χ1n) is 3.38. The van der Waals surface area contributed by atoms with Crippen LogP contribution in [0.4, 0.5) is 4.39 Å². The average Bonchev–Trinajstić information content (AvgIpc) is 1.87. The van der Waals surface area contributed by atoms with Crippen LogP contribution in [-0.2, 0) is 11.1 Å². The molecule has 0 rings (SSSR count). The van der Waals surface area contributed by atoms with E-state index in [-0.39, 0.29) is 11.7 Å². The quantitative estimate of drug-likeness (QED) is 0.635. The molecule has 0 aromatic heterocycles. The zero-order valence-corrected chi connectivity index (χ0v) is 6.86. The van der Waals surface area contributed by atoms with Crippen molar-refractivity contribution in [3.63, 3.8) is 0 Å². The van der Waals surface area contributed by atoms with Crippen molar-refractivity contribution in [2.45, 2.75) is 31.4 Å². The molecular weight excluding hydrogens is 155 g/mol. The molecule has 4 heteroatoms. The van der Waals surface area contributed by atoms with Crippen molar-refractivity contribution in [2.75, 3.05) is 6.67 Å². The van der Waals surface area contributed by atoms with Crippen LogP contribution in [-0.4, -0.2) is 20.7 Å². The maximum Gasteiger partial charge on any atom is 0.156 e. The fourth-order valence-corrected chi connectivity index (χ4v) is 1.52. The van der Waals surface area contributed by atoms with Crippen LogP contribution < -0.4 is 0 Å². The second-order valence-corrected chi connectivity index (χ2v) is 3.38. The van der Waals surface area contributed by atoms with Gasteiger partial charge in [0.1, 0.15) is 0 Å². The highest BCUT2D eigenvalue weighted by Gasteiger charge is 2.12. The highest BCUT2D eigenvalue weighted by Crippen LogP contribution is 2.07. The molecule has 0 aromatic carbocycles. The van der Waals surface area contributed by atoms with Crippen LogP contribution in [0.25, 0.3) is 0 Å². The molecule has 0 aliphatic heterocycles. The summed E-state index contributed by atoms with van der Waals surface area (Å²) in [6.45, 7) is 1.41. The summed E-state index contributed by atoms with van der Waals surface area (Å²) in [6, 6.07) is 0. The third kappa shape index (κ3) is 3.95. The summed E-state index contributed by atoms with van der Waals surface area (Å²) in [7, 11) is 0. The molecule has 2 nitrogen and oxygen atoms in total. The Morgan fingerprint density at radius 2 is 2.20 bits per heavy atom. The first-order valence-corrected chi connectivity index (χ1v) is 4.55. The average molecular weight is 168 g/mol. The second kappa shape index (κ2) is 5.80. The van der Waals surface area contributed by atoms with Crippen molar-refractivity contribution >= 4 is 11.1 Å². The lowest BCUT2D eigenvalue weighted by atomic mass is 10.2. The summed E-state index contributed by atoms with van der Waals surface area (Å²) >= 11 is -1.84. The van der Waals surface area contributed by atoms with Gasteiger partial charge in [-0.2, -0.15) is 0 Å². The van der Waals surface area contributed by atoms with E-state index < -0.39 is 17.8 Å². The monoisotopic (exact) mass is 168 g/mol. The SMILES string of the molecule is CCCC(CCF)S(=O)O. The van der Waals surface area contributed by atoms with E-state index >= 15 is 0 Å². The van der Waals surface area contributed by atoms with Gasteiger partial charge in [0.25, 0.3) is 0 Å². The van der Waals surface area contributed by atoms with Crippen molar-refractivity contribution in [2.24, 2.45) is 0 Å². The van der Waals surface area contributed by atoms with Crippen molar-refractivity contribution in [1.29, 1.82) is 0 Å². The fourth-order valence-electron chi connectivity index (χ4n) is 0.790. The maximum absolute atomic E-state index is 11.7. The molecule has 0 bridgehead atoms. The summed E-state index contributed by atoms with van der Waals surface area (Å²) < 4.78 is 30.7. The van der Waals surface area contributed by atoms with Gasteiger partial charge in [0, 0.05) is 0 Å². The standard InChI is InChI=1S/C6H13FO2S/c1-2-3-6(4-5-7)10(8)9/h6H,2-5H2,1H3,(H,8,9). The number of alkyl halides is 1. The number of halogens is 1. The van der Waals surface area contributed by atoms with E-state index in [1.165, 1.54) is 0 Å². The molecule has 0 spiro atoms.